The number of fused-ring (bicyclic) bond motifs is 2. The number of aliphatic imine (C=N–C) groups is 1. The maximum absolute atomic E-state index is 6.55. The Morgan fingerprint density at radius 1 is 1.06 bits per heavy atom. The second-order valence-corrected chi connectivity index (χ2v) is 9.40. The van der Waals surface area contributed by atoms with Crippen molar-refractivity contribution in [2.24, 2.45) is 16.6 Å². The van der Waals surface area contributed by atoms with E-state index in [4.69, 9.17) is 30.8 Å². The molecule has 0 saturated carbocycles. The van der Waals surface area contributed by atoms with E-state index in [9.17, 15) is 0 Å². The minimum absolute atomic E-state index is 0.0306. The summed E-state index contributed by atoms with van der Waals surface area (Å²) in [6, 6.07) is 14.0. The monoisotopic (exact) mass is 422 g/mol. The summed E-state index contributed by atoms with van der Waals surface area (Å²) in [6.07, 6.45) is 2.46. The Hall–Kier alpha value is -2.77. The number of ether oxygens (including phenoxy) is 2. The van der Waals surface area contributed by atoms with Crippen molar-refractivity contribution in [2.45, 2.75) is 50.5 Å². The van der Waals surface area contributed by atoms with E-state index in [1.807, 2.05) is 30.3 Å². The maximum Gasteiger partial charge on any atom is 0.221 e. The van der Waals surface area contributed by atoms with E-state index in [2.05, 4.69) is 26.0 Å². The second kappa shape index (κ2) is 7.14. The van der Waals surface area contributed by atoms with Crippen molar-refractivity contribution in [2.75, 3.05) is 19.4 Å². The largest absolute Gasteiger partial charge is 0.489 e. The summed E-state index contributed by atoms with van der Waals surface area (Å²) in [7, 11) is 1.79. The standard InChI is InChI=1S/C24H30N4O3/c1-23(2)13-17(9-10-29-23)21-14-24(27-22(26)28(3)31-24)19-12-16(7-8-20(19)30-21)15-5-4-6-18(25)11-15/h4-8,11-12,17,21H,9-10,13-14,25H2,1-3H3,(H2,26,27)/t17-,21-,24+/m1/s1. The van der Waals surface area contributed by atoms with Crippen LogP contribution in [0.15, 0.2) is 47.5 Å². The first-order chi connectivity index (χ1) is 14.7. The Balaban J connectivity index is 1.56. The summed E-state index contributed by atoms with van der Waals surface area (Å²) < 4.78 is 12.5. The van der Waals surface area contributed by atoms with E-state index in [0.29, 0.717) is 18.3 Å². The van der Waals surface area contributed by atoms with Gasteiger partial charge in [-0.25, -0.2) is 14.9 Å². The van der Waals surface area contributed by atoms with Crippen molar-refractivity contribution in [3.63, 3.8) is 0 Å². The number of hydrogen-bond acceptors (Lipinski definition) is 7. The topological polar surface area (TPSA) is 95.3 Å². The normalized spacial score (nSPS) is 29.4. The van der Waals surface area contributed by atoms with Gasteiger partial charge in [-0.3, -0.25) is 0 Å². The van der Waals surface area contributed by atoms with E-state index in [1.54, 1.807) is 12.1 Å². The number of hydrogen-bond donors (Lipinski definition) is 2. The average molecular weight is 423 g/mol. The highest BCUT2D eigenvalue weighted by atomic mass is 16.7. The number of benzene rings is 2. The van der Waals surface area contributed by atoms with E-state index < -0.39 is 5.72 Å². The molecule has 7 heteroatoms. The Morgan fingerprint density at radius 2 is 1.87 bits per heavy atom. The van der Waals surface area contributed by atoms with Gasteiger partial charge in [0.2, 0.25) is 11.7 Å². The van der Waals surface area contributed by atoms with Crippen LogP contribution in [0.5, 0.6) is 5.75 Å². The van der Waals surface area contributed by atoms with Crippen molar-refractivity contribution in [3.05, 3.63) is 48.0 Å². The van der Waals surface area contributed by atoms with Crippen LogP contribution in [0.3, 0.4) is 0 Å². The fourth-order valence-corrected chi connectivity index (χ4v) is 5.02. The lowest BCUT2D eigenvalue weighted by Crippen LogP contribution is -2.46. The van der Waals surface area contributed by atoms with Gasteiger partial charge in [-0.05, 0) is 62.1 Å². The lowest BCUT2D eigenvalue weighted by Gasteiger charge is -2.44. The summed E-state index contributed by atoms with van der Waals surface area (Å²) in [5.74, 6) is 1.52. The molecule has 164 valence electrons. The zero-order valence-electron chi connectivity index (χ0n) is 18.3. The number of hydroxylamine groups is 2. The van der Waals surface area contributed by atoms with Gasteiger partial charge in [0.1, 0.15) is 11.9 Å². The lowest BCUT2D eigenvalue weighted by molar-refractivity contribution is -0.198. The molecular formula is C24H30N4O3. The van der Waals surface area contributed by atoms with Gasteiger partial charge in [0, 0.05) is 31.7 Å². The van der Waals surface area contributed by atoms with Crippen LogP contribution in [-0.2, 0) is 15.3 Å². The highest BCUT2D eigenvalue weighted by molar-refractivity contribution is 5.79. The molecular weight excluding hydrogens is 392 g/mol. The van der Waals surface area contributed by atoms with Gasteiger partial charge in [0.15, 0.2) is 0 Å². The van der Waals surface area contributed by atoms with Crippen molar-refractivity contribution in [1.82, 2.24) is 5.06 Å². The van der Waals surface area contributed by atoms with Crippen LogP contribution in [0.4, 0.5) is 5.69 Å². The SMILES string of the molecule is CN1O[C@]2(C[C@H]([C@@H]3CCOC(C)(C)C3)Oc3ccc(-c4cccc(N)c4)cc32)N=C1N. The first-order valence-electron chi connectivity index (χ1n) is 10.8. The van der Waals surface area contributed by atoms with E-state index >= 15 is 0 Å². The van der Waals surface area contributed by atoms with Crippen LogP contribution in [0, 0.1) is 5.92 Å². The number of rotatable bonds is 2. The molecule has 0 aromatic heterocycles. The highest BCUT2D eigenvalue weighted by Gasteiger charge is 2.51. The molecule has 1 saturated heterocycles. The molecule has 2 aromatic rings. The Bertz CT molecular complexity index is 1040. The predicted molar refractivity (Wildman–Crippen MR) is 120 cm³/mol. The molecule has 0 bridgehead atoms. The van der Waals surface area contributed by atoms with Crippen LogP contribution in [-0.4, -0.2) is 36.4 Å². The van der Waals surface area contributed by atoms with Crippen molar-refractivity contribution >= 4 is 11.6 Å². The first-order valence-corrected chi connectivity index (χ1v) is 10.8. The van der Waals surface area contributed by atoms with Gasteiger partial charge in [0.05, 0.1) is 11.2 Å². The smallest absolute Gasteiger partial charge is 0.221 e. The minimum atomic E-state index is -0.893. The average Bonchev–Trinajstić information content (AvgIpc) is 3.00. The summed E-state index contributed by atoms with van der Waals surface area (Å²) in [5.41, 5.74) is 14.8. The molecule has 3 aliphatic heterocycles. The predicted octanol–water partition coefficient (Wildman–Crippen LogP) is 3.64. The number of anilines is 1. The Morgan fingerprint density at radius 3 is 2.58 bits per heavy atom. The zero-order chi connectivity index (χ0) is 21.8. The number of nitrogen functional groups attached to an aromatic ring is 1. The van der Waals surface area contributed by atoms with Crippen LogP contribution in [0.2, 0.25) is 0 Å². The lowest BCUT2D eigenvalue weighted by atomic mass is 9.79. The van der Waals surface area contributed by atoms with Gasteiger partial charge < -0.3 is 20.9 Å². The molecule has 0 amide bonds. The summed E-state index contributed by atoms with van der Waals surface area (Å²) in [4.78, 5) is 11.1. The van der Waals surface area contributed by atoms with Crippen LogP contribution in [0.1, 0.15) is 38.7 Å². The first kappa shape index (κ1) is 20.2. The molecule has 3 atom stereocenters. The molecule has 0 unspecified atom stereocenters. The molecule has 5 rings (SSSR count). The third-order valence-corrected chi connectivity index (χ3v) is 6.54. The third-order valence-electron chi connectivity index (χ3n) is 6.54. The molecule has 0 aliphatic carbocycles. The Labute approximate surface area is 182 Å². The molecule has 0 radical (unpaired) electrons. The summed E-state index contributed by atoms with van der Waals surface area (Å²) in [6.45, 7) is 5.01. The number of guanidine groups is 1. The molecule has 3 heterocycles. The third kappa shape index (κ3) is 3.62. The maximum atomic E-state index is 6.55. The fraction of sp³-hybridized carbons (Fsp3) is 0.458. The van der Waals surface area contributed by atoms with E-state index in [1.165, 1.54) is 0 Å². The molecule has 3 aliphatic rings. The van der Waals surface area contributed by atoms with Gasteiger partial charge in [-0.15, -0.1) is 0 Å². The van der Waals surface area contributed by atoms with E-state index in [-0.39, 0.29) is 11.7 Å². The quantitative estimate of drug-likeness (QED) is 0.718. The zero-order valence-corrected chi connectivity index (χ0v) is 18.3. The number of nitrogens with two attached hydrogens (primary N) is 2. The Kier molecular flexibility index (Phi) is 4.64. The fourth-order valence-electron chi connectivity index (χ4n) is 5.02. The second-order valence-electron chi connectivity index (χ2n) is 9.40. The van der Waals surface area contributed by atoms with E-state index in [0.717, 1.165) is 47.6 Å². The summed E-state index contributed by atoms with van der Waals surface area (Å²) in [5, 5.41) is 1.55. The van der Waals surface area contributed by atoms with Gasteiger partial charge >= 0.3 is 0 Å². The molecule has 7 nitrogen and oxygen atoms in total. The van der Waals surface area contributed by atoms with Crippen molar-refractivity contribution in [3.8, 4) is 16.9 Å². The molecule has 31 heavy (non-hydrogen) atoms. The van der Waals surface area contributed by atoms with Gasteiger partial charge in [-0.1, -0.05) is 18.2 Å². The van der Waals surface area contributed by atoms with Crippen LogP contribution < -0.4 is 16.2 Å². The van der Waals surface area contributed by atoms with Crippen LogP contribution >= 0.6 is 0 Å². The van der Waals surface area contributed by atoms with Gasteiger partial charge in [0.25, 0.3) is 0 Å². The molecule has 4 N–H and O–H groups in total. The molecule has 1 fully saturated rings. The molecule has 2 aromatic carbocycles. The number of nitrogens with zero attached hydrogens (tertiary/aromatic N) is 2. The minimum Gasteiger partial charge on any atom is -0.489 e. The summed E-state index contributed by atoms with van der Waals surface area (Å²) >= 11 is 0. The highest BCUT2D eigenvalue weighted by Crippen LogP contribution is 2.49. The van der Waals surface area contributed by atoms with Crippen molar-refractivity contribution < 1.29 is 14.3 Å². The van der Waals surface area contributed by atoms with Crippen LogP contribution in [0.25, 0.3) is 11.1 Å². The van der Waals surface area contributed by atoms with Crippen molar-refractivity contribution in [1.29, 1.82) is 0 Å². The molecule has 1 spiro atoms. The van der Waals surface area contributed by atoms with Gasteiger partial charge in [-0.2, -0.15) is 0 Å².